The van der Waals surface area contributed by atoms with E-state index in [9.17, 15) is 0 Å². The minimum absolute atomic E-state index is 0.216. The first-order chi connectivity index (χ1) is 6.33. The second-order valence-electron chi connectivity index (χ2n) is 6.27. The van der Waals surface area contributed by atoms with Crippen molar-refractivity contribution >= 4 is 0 Å². The predicted octanol–water partition coefficient (Wildman–Crippen LogP) is 2.14. The van der Waals surface area contributed by atoms with Gasteiger partial charge in [0.1, 0.15) is 0 Å². The molecular weight excluding hydrogens is 172 g/mol. The summed E-state index contributed by atoms with van der Waals surface area (Å²) in [6, 6.07) is 0.256. The standard InChI is InChI=1S/C12H26N2/c1-11(2,3)10(13)8-14-9-12(4)6-5-7-12/h10,14H,5-9,13H2,1-4H3. The third-order valence-corrected chi connectivity index (χ3v) is 3.59. The van der Waals surface area contributed by atoms with Gasteiger partial charge in [-0.1, -0.05) is 34.1 Å². The Balaban J connectivity index is 2.15. The Morgan fingerprint density at radius 2 is 1.93 bits per heavy atom. The fourth-order valence-electron chi connectivity index (χ4n) is 1.79. The van der Waals surface area contributed by atoms with Crippen LogP contribution in [0.3, 0.4) is 0 Å². The highest BCUT2D eigenvalue weighted by Crippen LogP contribution is 2.39. The largest absolute Gasteiger partial charge is 0.326 e. The van der Waals surface area contributed by atoms with Crippen molar-refractivity contribution in [3.8, 4) is 0 Å². The van der Waals surface area contributed by atoms with Crippen LogP contribution in [0.15, 0.2) is 0 Å². The van der Waals surface area contributed by atoms with Crippen LogP contribution in [0.5, 0.6) is 0 Å². The van der Waals surface area contributed by atoms with Crippen molar-refractivity contribution in [2.75, 3.05) is 13.1 Å². The SMILES string of the molecule is CC1(CNCC(N)C(C)(C)C)CCC1. The predicted molar refractivity (Wildman–Crippen MR) is 62.3 cm³/mol. The maximum atomic E-state index is 6.08. The van der Waals surface area contributed by atoms with Gasteiger partial charge < -0.3 is 11.1 Å². The van der Waals surface area contributed by atoms with Crippen LogP contribution in [0.4, 0.5) is 0 Å². The summed E-state index contributed by atoms with van der Waals surface area (Å²) in [6.07, 6.45) is 4.17. The van der Waals surface area contributed by atoms with Gasteiger partial charge in [-0.15, -0.1) is 0 Å². The Morgan fingerprint density at radius 3 is 2.29 bits per heavy atom. The van der Waals surface area contributed by atoms with Crippen LogP contribution in [0.2, 0.25) is 0 Å². The molecule has 1 unspecified atom stereocenters. The molecule has 0 spiro atoms. The molecule has 1 atom stereocenters. The number of nitrogens with two attached hydrogens (primary N) is 1. The van der Waals surface area contributed by atoms with Crippen LogP contribution in [0, 0.1) is 10.8 Å². The molecule has 3 N–H and O–H groups in total. The molecule has 2 nitrogen and oxygen atoms in total. The van der Waals surface area contributed by atoms with Gasteiger partial charge in [0, 0.05) is 19.1 Å². The second kappa shape index (κ2) is 4.19. The minimum atomic E-state index is 0.216. The Kier molecular flexibility index (Phi) is 3.59. The summed E-state index contributed by atoms with van der Waals surface area (Å²) in [5.74, 6) is 0. The van der Waals surface area contributed by atoms with Crippen molar-refractivity contribution in [1.82, 2.24) is 5.32 Å². The van der Waals surface area contributed by atoms with Crippen molar-refractivity contribution in [3.63, 3.8) is 0 Å². The summed E-state index contributed by atoms with van der Waals surface area (Å²) in [7, 11) is 0. The van der Waals surface area contributed by atoms with E-state index >= 15 is 0 Å². The molecule has 84 valence electrons. The molecule has 1 aliphatic carbocycles. The molecule has 14 heavy (non-hydrogen) atoms. The summed E-state index contributed by atoms with van der Waals surface area (Å²) >= 11 is 0. The molecule has 0 amide bonds. The van der Waals surface area contributed by atoms with Crippen LogP contribution >= 0.6 is 0 Å². The average Bonchev–Trinajstić information content (AvgIpc) is 1.99. The molecule has 1 rings (SSSR count). The van der Waals surface area contributed by atoms with Gasteiger partial charge in [-0.05, 0) is 23.7 Å². The van der Waals surface area contributed by atoms with E-state index in [4.69, 9.17) is 5.73 Å². The molecular formula is C12H26N2. The van der Waals surface area contributed by atoms with Gasteiger partial charge in [-0.3, -0.25) is 0 Å². The van der Waals surface area contributed by atoms with Gasteiger partial charge in [0.2, 0.25) is 0 Å². The fourth-order valence-corrected chi connectivity index (χ4v) is 1.79. The third-order valence-electron chi connectivity index (χ3n) is 3.59. The Bertz CT molecular complexity index is 177. The summed E-state index contributed by atoms with van der Waals surface area (Å²) < 4.78 is 0. The molecule has 1 saturated carbocycles. The van der Waals surface area contributed by atoms with Crippen LogP contribution in [-0.4, -0.2) is 19.1 Å². The summed E-state index contributed by atoms with van der Waals surface area (Å²) in [4.78, 5) is 0. The molecule has 1 fully saturated rings. The van der Waals surface area contributed by atoms with E-state index in [-0.39, 0.29) is 11.5 Å². The molecule has 0 heterocycles. The maximum absolute atomic E-state index is 6.08. The van der Waals surface area contributed by atoms with Gasteiger partial charge in [-0.2, -0.15) is 0 Å². The first-order valence-electron chi connectivity index (χ1n) is 5.80. The quantitative estimate of drug-likeness (QED) is 0.726. The molecule has 0 aromatic carbocycles. The van der Waals surface area contributed by atoms with Crippen molar-refractivity contribution < 1.29 is 0 Å². The smallest absolute Gasteiger partial charge is 0.0214 e. The lowest BCUT2D eigenvalue weighted by atomic mass is 9.70. The van der Waals surface area contributed by atoms with Crippen molar-refractivity contribution in [3.05, 3.63) is 0 Å². The van der Waals surface area contributed by atoms with Crippen LogP contribution in [-0.2, 0) is 0 Å². The maximum Gasteiger partial charge on any atom is 0.0214 e. The van der Waals surface area contributed by atoms with E-state index in [1.807, 2.05) is 0 Å². The zero-order valence-electron chi connectivity index (χ0n) is 10.2. The van der Waals surface area contributed by atoms with Gasteiger partial charge in [0.05, 0.1) is 0 Å². The van der Waals surface area contributed by atoms with E-state index in [0.717, 1.165) is 13.1 Å². The van der Waals surface area contributed by atoms with Gasteiger partial charge in [0.25, 0.3) is 0 Å². The number of nitrogens with one attached hydrogen (secondary N) is 1. The fraction of sp³-hybridized carbons (Fsp3) is 1.00. The average molecular weight is 198 g/mol. The summed E-state index contributed by atoms with van der Waals surface area (Å²) in [5.41, 5.74) is 6.86. The topological polar surface area (TPSA) is 38.0 Å². The van der Waals surface area contributed by atoms with Crippen molar-refractivity contribution in [1.29, 1.82) is 0 Å². The third kappa shape index (κ3) is 3.25. The molecule has 0 aromatic heterocycles. The zero-order valence-corrected chi connectivity index (χ0v) is 10.2. The molecule has 0 aromatic rings. The van der Waals surface area contributed by atoms with Gasteiger partial charge in [-0.25, -0.2) is 0 Å². The summed E-state index contributed by atoms with van der Waals surface area (Å²) in [5, 5.41) is 3.51. The Morgan fingerprint density at radius 1 is 1.36 bits per heavy atom. The minimum Gasteiger partial charge on any atom is -0.326 e. The molecule has 0 radical (unpaired) electrons. The molecule has 0 bridgehead atoms. The molecule has 0 aliphatic heterocycles. The summed E-state index contributed by atoms with van der Waals surface area (Å²) in [6.45, 7) is 11.0. The first-order valence-corrected chi connectivity index (χ1v) is 5.80. The van der Waals surface area contributed by atoms with E-state index in [1.165, 1.54) is 19.3 Å². The lowest BCUT2D eigenvalue weighted by Gasteiger charge is -2.39. The highest BCUT2D eigenvalue weighted by Gasteiger charge is 2.31. The van der Waals surface area contributed by atoms with Crippen LogP contribution in [0.25, 0.3) is 0 Å². The number of hydrogen-bond acceptors (Lipinski definition) is 2. The highest BCUT2D eigenvalue weighted by molar-refractivity contribution is 4.86. The van der Waals surface area contributed by atoms with Gasteiger partial charge >= 0.3 is 0 Å². The van der Waals surface area contributed by atoms with Crippen molar-refractivity contribution in [2.24, 2.45) is 16.6 Å². The lowest BCUT2D eigenvalue weighted by Crippen LogP contribution is -2.47. The molecule has 1 aliphatic rings. The van der Waals surface area contributed by atoms with E-state index in [2.05, 4.69) is 33.0 Å². The van der Waals surface area contributed by atoms with E-state index in [0.29, 0.717) is 5.41 Å². The zero-order chi connectivity index (χ0) is 10.8. The van der Waals surface area contributed by atoms with Gasteiger partial charge in [0.15, 0.2) is 0 Å². The first kappa shape index (κ1) is 12.0. The monoisotopic (exact) mass is 198 g/mol. The van der Waals surface area contributed by atoms with Crippen LogP contribution in [0.1, 0.15) is 47.0 Å². The Hall–Kier alpha value is -0.0800. The van der Waals surface area contributed by atoms with Crippen LogP contribution < -0.4 is 11.1 Å². The molecule has 2 heteroatoms. The Labute approximate surface area is 88.6 Å². The second-order valence-corrected chi connectivity index (χ2v) is 6.27. The normalized spacial score (nSPS) is 22.9. The molecule has 0 saturated heterocycles. The number of hydrogen-bond donors (Lipinski definition) is 2. The van der Waals surface area contributed by atoms with E-state index in [1.54, 1.807) is 0 Å². The van der Waals surface area contributed by atoms with Crippen molar-refractivity contribution in [2.45, 2.75) is 53.0 Å². The lowest BCUT2D eigenvalue weighted by molar-refractivity contribution is 0.152. The highest BCUT2D eigenvalue weighted by atomic mass is 14.9. The van der Waals surface area contributed by atoms with E-state index < -0.39 is 0 Å². The number of rotatable bonds is 4.